The zero-order chi connectivity index (χ0) is 20.3. The van der Waals surface area contributed by atoms with Crippen molar-refractivity contribution in [1.29, 1.82) is 0 Å². The number of ether oxygens (including phenoxy) is 2. The second kappa shape index (κ2) is 5.87. The Hall–Kier alpha value is -2.25. The van der Waals surface area contributed by atoms with Gasteiger partial charge in [0.05, 0.1) is 5.54 Å². The fourth-order valence-corrected chi connectivity index (χ4v) is 4.19. The van der Waals surface area contributed by atoms with Crippen LogP contribution in [0.25, 0.3) is 0 Å². The number of rotatable bonds is 2. The van der Waals surface area contributed by atoms with Crippen LogP contribution < -0.4 is 5.43 Å². The van der Waals surface area contributed by atoms with E-state index in [-0.39, 0.29) is 5.41 Å². The highest BCUT2D eigenvalue weighted by molar-refractivity contribution is 5.76. The Morgan fingerprint density at radius 2 is 1.67 bits per heavy atom. The molecule has 0 atom stereocenters. The maximum Gasteiger partial charge on any atom is 0.429 e. The van der Waals surface area contributed by atoms with Crippen LogP contribution in [-0.2, 0) is 21.9 Å². The quantitative estimate of drug-likeness (QED) is 0.798. The van der Waals surface area contributed by atoms with Crippen molar-refractivity contribution in [3.63, 3.8) is 0 Å². The highest BCUT2D eigenvalue weighted by Crippen LogP contribution is 2.70. The van der Waals surface area contributed by atoms with Crippen LogP contribution in [-0.4, -0.2) is 43.7 Å². The lowest BCUT2D eigenvalue weighted by atomic mass is 9.38. The van der Waals surface area contributed by atoms with E-state index in [1.165, 1.54) is 5.01 Å². The fourth-order valence-electron chi connectivity index (χ4n) is 4.19. The summed E-state index contributed by atoms with van der Waals surface area (Å²) in [4.78, 5) is 25.1. The summed E-state index contributed by atoms with van der Waals surface area (Å²) in [6.45, 7) is 10.7. The SMILES string of the molecule is Cn1nccc1C12CC(N(NC(=O)OC(C)(C)C)C(=O)OC(C)(C)C)(C1)C2. The van der Waals surface area contributed by atoms with Gasteiger partial charge in [-0.1, -0.05) is 0 Å². The van der Waals surface area contributed by atoms with Crippen LogP contribution in [0.15, 0.2) is 12.3 Å². The van der Waals surface area contributed by atoms with Gasteiger partial charge in [0.1, 0.15) is 11.2 Å². The van der Waals surface area contributed by atoms with Crippen molar-refractivity contribution in [1.82, 2.24) is 20.2 Å². The van der Waals surface area contributed by atoms with Crippen LogP contribution in [0.4, 0.5) is 9.59 Å². The normalized spacial score (nSPS) is 26.5. The molecular weight excluding hydrogens is 348 g/mol. The third-order valence-corrected chi connectivity index (χ3v) is 5.02. The number of hydrazine groups is 1. The summed E-state index contributed by atoms with van der Waals surface area (Å²) in [7, 11) is 1.92. The molecule has 150 valence electrons. The molecule has 3 aliphatic rings. The van der Waals surface area contributed by atoms with Crippen molar-refractivity contribution < 1.29 is 19.1 Å². The molecule has 0 radical (unpaired) electrons. The van der Waals surface area contributed by atoms with Crippen molar-refractivity contribution >= 4 is 12.2 Å². The Morgan fingerprint density at radius 1 is 1.11 bits per heavy atom. The third kappa shape index (κ3) is 3.61. The summed E-state index contributed by atoms with van der Waals surface area (Å²) in [5.74, 6) is 0. The molecule has 2 bridgehead atoms. The van der Waals surface area contributed by atoms with E-state index in [9.17, 15) is 9.59 Å². The number of hydrogen-bond acceptors (Lipinski definition) is 5. The van der Waals surface area contributed by atoms with Gasteiger partial charge in [0, 0.05) is 24.4 Å². The first-order chi connectivity index (χ1) is 12.3. The average Bonchev–Trinajstić information content (AvgIpc) is 2.77. The first-order valence-corrected chi connectivity index (χ1v) is 9.27. The lowest BCUT2D eigenvalue weighted by Gasteiger charge is -2.72. The summed E-state index contributed by atoms with van der Waals surface area (Å²) in [5.41, 5.74) is 2.05. The molecule has 27 heavy (non-hydrogen) atoms. The van der Waals surface area contributed by atoms with Gasteiger partial charge in [0.25, 0.3) is 0 Å². The molecule has 3 fully saturated rings. The summed E-state index contributed by atoms with van der Waals surface area (Å²) in [6.07, 6.45) is 2.84. The van der Waals surface area contributed by atoms with E-state index in [1.54, 1.807) is 47.7 Å². The van der Waals surface area contributed by atoms with Crippen LogP contribution in [0.2, 0.25) is 0 Å². The first-order valence-electron chi connectivity index (χ1n) is 9.27. The molecular formula is C19H30N4O4. The van der Waals surface area contributed by atoms with Gasteiger partial charge in [-0.3, -0.25) is 4.68 Å². The smallest absolute Gasteiger partial charge is 0.429 e. The van der Waals surface area contributed by atoms with Crippen LogP contribution in [0.1, 0.15) is 66.5 Å². The van der Waals surface area contributed by atoms with Crippen molar-refractivity contribution in [2.45, 2.75) is 83.0 Å². The molecule has 3 saturated carbocycles. The van der Waals surface area contributed by atoms with Gasteiger partial charge in [0.15, 0.2) is 0 Å². The molecule has 8 nitrogen and oxygen atoms in total. The van der Waals surface area contributed by atoms with Gasteiger partial charge < -0.3 is 9.47 Å². The lowest BCUT2D eigenvalue weighted by molar-refractivity contribution is -0.180. The van der Waals surface area contributed by atoms with Crippen molar-refractivity contribution in [3.05, 3.63) is 18.0 Å². The second-order valence-electron chi connectivity index (χ2n) is 9.80. The molecule has 1 aromatic rings. The van der Waals surface area contributed by atoms with Gasteiger partial charge in [-0.2, -0.15) is 5.10 Å². The Balaban J connectivity index is 1.75. The van der Waals surface area contributed by atoms with E-state index in [0.29, 0.717) is 0 Å². The zero-order valence-corrected chi connectivity index (χ0v) is 17.3. The predicted octanol–water partition coefficient (Wildman–Crippen LogP) is 3.27. The van der Waals surface area contributed by atoms with Gasteiger partial charge in [0.2, 0.25) is 0 Å². The topological polar surface area (TPSA) is 85.7 Å². The Morgan fingerprint density at radius 3 is 2.11 bits per heavy atom. The molecule has 0 saturated heterocycles. The first kappa shape index (κ1) is 19.5. The molecule has 3 aliphatic carbocycles. The van der Waals surface area contributed by atoms with E-state index in [2.05, 4.69) is 10.5 Å². The zero-order valence-electron chi connectivity index (χ0n) is 17.3. The molecule has 0 aliphatic heterocycles. The molecule has 1 heterocycles. The highest BCUT2D eigenvalue weighted by Gasteiger charge is 2.73. The Bertz CT molecular complexity index is 737. The summed E-state index contributed by atoms with van der Waals surface area (Å²) in [5, 5.41) is 5.59. The van der Waals surface area contributed by atoms with Gasteiger partial charge in [-0.15, -0.1) is 0 Å². The van der Waals surface area contributed by atoms with E-state index in [0.717, 1.165) is 25.0 Å². The molecule has 0 spiro atoms. The predicted molar refractivity (Wildman–Crippen MR) is 98.9 cm³/mol. The van der Waals surface area contributed by atoms with Crippen LogP contribution >= 0.6 is 0 Å². The summed E-state index contributed by atoms with van der Waals surface area (Å²) < 4.78 is 12.7. The summed E-state index contributed by atoms with van der Waals surface area (Å²) in [6, 6.07) is 2.02. The molecule has 0 unspecified atom stereocenters. The number of nitrogens with zero attached hydrogens (tertiary/aromatic N) is 3. The van der Waals surface area contributed by atoms with Crippen LogP contribution in [0.3, 0.4) is 0 Å². The number of carbonyl (C=O) groups is 2. The van der Waals surface area contributed by atoms with Crippen LogP contribution in [0.5, 0.6) is 0 Å². The van der Waals surface area contributed by atoms with Gasteiger partial charge >= 0.3 is 12.2 Å². The molecule has 8 heteroatoms. The van der Waals surface area contributed by atoms with Gasteiger partial charge in [-0.05, 0) is 66.9 Å². The molecule has 1 aromatic heterocycles. The molecule has 1 N–H and O–H groups in total. The maximum absolute atomic E-state index is 12.8. The van der Waals surface area contributed by atoms with E-state index < -0.39 is 28.9 Å². The third-order valence-electron chi connectivity index (χ3n) is 5.02. The number of aryl methyl sites for hydroxylation is 1. The molecule has 2 amide bonds. The fraction of sp³-hybridized carbons (Fsp3) is 0.737. The number of amides is 2. The lowest BCUT2D eigenvalue weighted by Crippen LogP contribution is -2.80. The minimum atomic E-state index is -0.660. The van der Waals surface area contributed by atoms with Crippen LogP contribution in [0, 0.1) is 0 Å². The molecule has 4 rings (SSSR count). The average molecular weight is 378 g/mol. The monoisotopic (exact) mass is 378 g/mol. The Kier molecular flexibility index (Phi) is 4.24. The van der Waals surface area contributed by atoms with Gasteiger partial charge in [-0.25, -0.2) is 20.0 Å². The minimum Gasteiger partial charge on any atom is -0.443 e. The standard InChI is InChI=1S/C19H30N4O4/c1-16(2,3)26-14(24)21-23(15(25)27-17(4,5)6)19-10-18(11-19,12-19)13-8-9-20-22(13)7/h8-9H,10-12H2,1-7H3,(H,21,24). The van der Waals surface area contributed by atoms with Crippen molar-refractivity contribution in [2.75, 3.05) is 0 Å². The number of carbonyl (C=O) groups excluding carboxylic acids is 2. The van der Waals surface area contributed by atoms with Crippen molar-refractivity contribution in [2.24, 2.45) is 7.05 Å². The van der Waals surface area contributed by atoms with E-state index in [1.807, 2.05) is 17.8 Å². The number of nitrogens with one attached hydrogen (secondary N) is 1. The largest absolute Gasteiger partial charge is 0.443 e. The molecule has 0 aromatic carbocycles. The number of hydrogen-bond donors (Lipinski definition) is 1. The van der Waals surface area contributed by atoms with E-state index >= 15 is 0 Å². The Labute approximate surface area is 160 Å². The minimum absolute atomic E-state index is 0.0150. The second-order valence-corrected chi connectivity index (χ2v) is 9.80. The van der Waals surface area contributed by atoms with Crippen molar-refractivity contribution in [3.8, 4) is 0 Å². The summed E-state index contributed by atoms with van der Waals surface area (Å²) >= 11 is 0. The maximum atomic E-state index is 12.8. The highest BCUT2D eigenvalue weighted by atomic mass is 16.6. The number of aromatic nitrogens is 2. The van der Waals surface area contributed by atoms with E-state index in [4.69, 9.17) is 9.47 Å².